The van der Waals surface area contributed by atoms with E-state index in [0.717, 1.165) is 67.7 Å². The molecule has 4 heterocycles. The molecule has 10 heteroatoms. The third kappa shape index (κ3) is 7.85. The molecule has 1 atom stereocenters. The number of hydrogen-bond donors (Lipinski definition) is 2. The molecule has 7 nitrogen and oxygen atoms in total. The lowest BCUT2D eigenvalue weighted by Gasteiger charge is -2.22. The van der Waals surface area contributed by atoms with Gasteiger partial charge in [-0.3, -0.25) is 0 Å². The van der Waals surface area contributed by atoms with Crippen LogP contribution in [0.2, 0.25) is 0 Å². The first-order valence-electron chi connectivity index (χ1n) is 16.9. The minimum Gasteiger partial charge on any atom is -0.390 e. The average Bonchev–Trinajstić information content (AvgIpc) is 3.83. The zero-order valence-corrected chi connectivity index (χ0v) is 29.5. The van der Waals surface area contributed by atoms with E-state index in [1.54, 1.807) is 13.1 Å². The summed E-state index contributed by atoms with van der Waals surface area (Å²) in [4.78, 5) is 11.5. The van der Waals surface area contributed by atoms with E-state index in [0.29, 0.717) is 46.6 Å². The van der Waals surface area contributed by atoms with Crippen molar-refractivity contribution in [3.05, 3.63) is 56.4 Å². The highest BCUT2D eigenvalue weighted by molar-refractivity contribution is 7.17. The van der Waals surface area contributed by atoms with Crippen molar-refractivity contribution in [2.24, 2.45) is 0 Å². The van der Waals surface area contributed by atoms with Crippen molar-refractivity contribution in [3.8, 4) is 6.07 Å². The van der Waals surface area contributed by atoms with Crippen LogP contribution in [0, 0.1) is 17.1 Å². The number of anilines is 2. The van der Waals surface area contributed by atoms with Gasteiger partial charge < -0.3 is 20.5 Å². The van der Waals surface area contributed by atoms with Crippen LogP contribution < -0.4 is 10.6 Å². The number of thiophene rings is 1. The van der Waals surface area contributed by atoms with Gasteiger partial charge in [0.15, 0.2) is 5.82 Å². The Balaban J connectivity index is 0.000000391. The summed E-state index contributed by atoms with van der Waals surface area (Å²) >= 11 is 1.00. The number of aromatic nitrogens is 2. The van der Waals surface area contributed by atoms with Gasteiger partial charge in [-0.25, -0.2) is 18.7 Å². The largest absolute Gasteiger partial charge is 0.390 e. The van der Waals surface area contributed by atoms with E-state index in [4.69, 9.17) is 10.5 Å². The summed E-state index contributed by atoms with van der Waals surface area (Å²) in [6.45, 7) is 13.8. The molecule has 1 unspecified atom stereocenters. The Morgan fingerprint density at radius 2 is 1.85 bits per heavy atom. The number of rotatable bonds is 11. The summed E-state index contributed by atoms with van der Waals surface area (Å²) in [6, 6.07) is 2.13. The molecule has 1 fully saturated rings. The molecule has 0 aliphatic carbocycles. The van der Waals surface area contributed by atoms with Crippen LogP contribution in [0.3, 0.4) is 0 Å². The average molecular weight is 666 g/mol. The van der Waals surface area contributed by atoms with Crippen LogP contribution in [0.25, 0.3) is 22.3 Å². The second-order valence-corrected chi connectivity index (χ2v) is 13.8. The van der Waals surface area contributed by atoms with Crippen LogP contribution in [0.1, 0.15) is 132 Å². The Bertz CT molecular complexity index is 1680. The molecule has 2 aromatic heterocycles. The fourth-order valence-corrected chi connectivity index (χ4v) is 7.47. The van der Waals surface area contributed by atoms with Crippen molar-refractivity contribution in [2.75, 3.05) is 23.7 Å². The first kappa shape index (κ1) is 36.4. The summed E-state index contributed by atoms with van der Waals surface area (Å²) in [7, 11) is 0. The Labute approximate surface area is 282 Å². The smallest absolute Gasteiger partial charge is 0.225 e. The molecule has 1 aromatic carbocycles. The number of fused-ring (bicyclic) bond motifs is 3. The Morgan fingerprint density at radius 1 is 1.15 bits per heavy atom. The number of halogens is 2. The Kier molecular flexibility index (Phi) is 12.5. The van der Waals surface area contributed by atoms with Crippen molar-refractivity contribution >= 4 is 44.6 Å². The zero-order valence-electron chi connectivity index (χ0n) is 28.7. The van der Waals surface area contributed by atoms with Crippen molar-refractivity contribution < 1.29 is 18.6 Å². The number of nitrogen functional groups attached to an aromatic ring is 1. The molecule has 0 amide bonds. The quantitative estimate of drug-likeness (QED) is 0.196. The summed E-state index contributed by atoms with van der Waals surface area (Å²) in [5.74, 6) is -0.516. The van der Waals surface area contributed by atoms with Crippen molar-refractivity contribution in [2.45, 2.75) is 118 Å². The van der Waals surface area contributed by atoms with Gasteiger partial charge >= 0.3 is 0 Å². The number of benzene rings is 1. The molecule has 3 aromatic rings. The molecular weight excluding hydrogens is 617 g/mol. The molecule has 47 heavy (non-hydrogen) atoms. The number of nitriles is 1. The van der Waals surface area contributed by atoms with E-state index in [2.05, 4.69) is 34.8 Å². The predicted molar refractivity (Wildman–Crippen MR) is 189 cm³/mol. The van der Waals surface area contributed by atoms with E-state index in [9.17, 15) is 10.4 Å². The Morgan fingerprint density at radius 3 is 2.47 bits per heavy atom. The van der Waals surface area contributed by atoms with Crippen molar-refractivity contribution in [3.63, 3.8) is 0 Å². The van der Waals surface area contributed by atoms with Crippen LogP contribution in [-0.2, 0) is 18.0 Å². The SMILES string of the molecule is C/C=C(/F)c1sc(N)c(C#N)c1/C(=C(\C)CC)c1c2c(c3cnc(N4CCCC4)nc3c1F)COC2.CCCCCC(C)(O)CCC. The highest BCUT2D eigenvalue weighted by Crippen LogP contribution is 2.47. The second-order valence-electron chi connectivity index (χ2n) is 12.8. The van der Waals surface area contributed by atoms with E-state index in [1.807, 2.05) is 20.8 Å². The van der Waals surface area contributed by atoms with Crippen LogP contribution >= 0.6 is 11.3 Å². The van der Waals surface area contributed by atoms with Gasteiger partial charge in [0.05, 0.1) is 29.3 Å². The van der Waals surface area contributed by atoms with E-state index in [1.165, 1.54) is 25.3 Å². The van der Waals surface area contributed by atoms with Crippen molar-refractivity contribution in [1.82, 2.24) is 9.97 Å². The maximum absolute atomic E-state index is 16.7. The highest BCUT2D eigenvalue weighted by Gasteiger charge is 2.32. The minimum atomic E-state index is -0.514. The van der Waals surface area contributed by atoms with Crippen LogP contribution in [0.5, 0.6) is 0 Å². The molecule has 1 saturated heterocycles. The fraction of sp³-hybridized carbons (Fsp3) is 0.541. The van der Waals surface area contributed by atoms with E-state index < -0.39 is 17.2 Å². The molecule has 0 radical (unpaired) electrons. The van der Waals surface area contributed by atoms with Gasteiger partial charge in [0.1, 0.15) is 22.4 Å². The molecule has 254 valence electrons. The first-order valence-corrected chi connectivity index (χ1v) is 17.7. The predicted octanol–water partition coefficient (Wildman–Crippen LogP) is 9.59. The number of nitrogens with two attached hydrogens (primary N) is 1. The number of nitrogens with zero attached hydrogens (tertiary/aromatic N) is 4. The van der Waals surface area contributed by atoms with E-state index >= 15 is 8.78 Å². The molecule has 0 saturated carbocycles. The summed E-state index contributed by atoms with van der Waals surface area (Å²) in [6.07, 6.45) is 12.3. The third-order valence-electron chi connectivity index (χ3n) is 9.16. The number of unbranched alkanes of at least 4 members (excludes halogenated alkanes) is 2. The highest BCUT2D eigenvalue weighted by atomic mass is 32.1. The number of aliphatic hydroxyl groups is 1. The molecule has 2 aliphatic heterocycles. The monoisotopic (exact) mass is 665 g/mol. The first-order chi connectivity index (χ1) is 22.5. The summed E-state index contributed by atoms with van der Waals surface area (Å²) < 4.78 is 37.5. The number of ether oxygens (including phenoxy) is 1. The fourth-order valence-electron chi connectivity index (χ4n) is 6.48. The molecule has 0 spiro atoms. The van der Waals surface area contributed by atoms with Crippen LogP contribution in [0.15, 0.2) is 17.8 Å². The van der Waals surface area contributed by atoms with Gasteiger partial charge in [0.2, 0.25) is 5.95 Å². The maximum Gasteiger partial charge on any atom is 0.225 e. The molecule has 2 aliphatic rings. The third-order valence-corrected chi connectivity index (χ3v) is 10.2. The Hall–Kier alpha value is -3.39. The maximum atomic E-state index is 16.7. The number of hydrogen-bond acceptors (Lipinski definition) is 8. The lowest BCUT2D eigenvalue weighted by molar-refractivity contribution is 0.0387. The summed E-state index contributed by atoms with van der Waals surface area (Å²) in [5, 5.41) is 20.5. The molecule has 3 N–H and O–H groups in total. The summed E-state index contributed by atoms with van der Waals surface area (Å²) in [5.41, 5.74) is 9.57. The molecular formula is C37H49F2N5O2S. The standard InChI is InChI=1S/C27H27F2N5OS.C10H22O/c1-4-14(3)20(22-15(10-30)26(31)36-25(22)19(28)5-2)21-18-13-35-12-17(18)16-11-32-27(33-24(16)23(21)29)34-8-6-7-9-34;1-4-6-7-9-10(3,11)8-5-2/h5,11H,4,6-9,12-13,31H2,1-3H3;11H,4-9H2,1-3H3/b19-5+,20-14+;. The second kappa shape index (κ2) is 16.1. The normalized spacial score (nSPS) is 16.4. The van der Waals surface area contributed by atoms with Gasteiger partial charge in [0, 0.05) is 35.8 Å². The van der Waals surface area contributed by atoms with Crippen molar-refractivity contribution in [1.29, 1.82) is 5.26 Å². The topological polar surface area (TPSA) is 108 Å². The van der Waals surface area contributed by atoms with Gasteiger partial charge in [-0.15, -0.1) is 11.3 Å². The zero-order chi connectivity index (χ0) is 34.3. The van der Waals surface area contributed by atoms with Gasteiger partial charge in [-0.05, 0) is 69.6 Å². The van der Waals surface area contributed by atoms with Crippen LogP contribution in [0.4, 0.5) is 19.7 Å². The van der Waals surface area contributed by atoms with Gasteiger partial charge in [-0.2, -0.15) is 5.26 Å². The lowest BCUT2D eigenvalue weighted by atomic mass is 9.85. The van der Waals surface area contributed by atoms with Crippen LogP contribution in [-0.4, -0.2) is 33.8 Å². The molecule has 5 rings (SSSR count). The van der Waals surface area contributed by atoms with Gasteiger partial charge in [-0.1, -0.05) is 58.1 Å². The van der Waals surface area contributed by atoms with E-state index in [-0.39, 0.29) is 27.6 Å². The minimum absolute atomic E-state index is 0.155. The number of allylic oxidation sites excluding steroid dienone is 2. The lowest BCUT2D eigenvalue weighted by Crippen LogP contribution is -2.23. The molecule has 0 bridgehead atoms. The van der Waals surface area contributed by atoms with Gasteiger partial charge in [0.25, 0.3) is 0 Å².